The summed E-state index contributed by atoms with van der Waals surface area (Å²) in [6.07, 6.45) is 0.822. The molecule has 0 aliphatic rings. The van der Waals surface area contributed by atoms with Gasteiger partial charge < -0.3 is 14.6 Å². The number of benzene rings is 3. The molecule has 1 aromatic heterocycles. The Kier molecular flexibility index (Phi) is 6.76. The molecule has 6 heteroatoms. The van der Waals surface area contributed by atoms with Crippen LogP contribution in [0.5, 0.6) is 5.75 Å². The van der Waals surface area contributed by atoms with Crippen LogP contribution in [-0.2, 0) is 13.1 Å². The zero-order valence-electron chi connectivity index (χ0n) is 18.3. The highest BCUT2D eigenvalue weighted by atomic mass is 35.5. The van der Waals surface area contributed by atoms with Gasteiger partial charge in [0.05, 0.1) is 24.2 Å². The molecule has 0 aliphatic carbocycles. The van der Waals surface area contributed by atoms with E-state index in [0.29, 0.717) is 23.7 Å². The van der Waals surface area contributed by atoms with Crippen LogP contribution < -0.4 is 10.1 Å². The minimum absolute atomic E-state index is 0.177. The van der Waals surface area contributed by atoms with Gasteiger partial charge in [-0.05, 0) is 67.8 Å². The molecule has 32 heavy (non-hydrogen) atoms. The summed E-state index contributed by atoms with van der Waals surface area (Å²) < 4.78 is 8.17. The van der Waals surface area contributed by atoms with E-state index in [1.165, 1.54) is 11.1 Å². The Morgan fingerprint density at radius 1 is 1.06 bits per heavy atom. The summed E-state index contributed by atoms with van der Waals surface area (Å²) in [7, 11) is 0. The van der Waals surface area contributed by atoms with E-state index in [0.717, 1.165) is 35.6 Å². The van der Waals surface area contributed by atoms with Crippen LogP contribution in [0.2, 0.25) is 5.02 Å². The molecule has 1 amide bonds. The zero-order chi connectivity index (χ0) is 22.5. The lowest BCUT2D eigenvalue weighted by atomic mass is 10.1. The van der Waals surface area contributed by atoms with Crippen LogP contribution in [0.25, 0.3) is 11.0 Å². The molecule has 1 heterocycles. The second kappa shape index (κ2) is 9.88. The van der Waals surface area contributed by atoms with Crippen molar-refractivity contribution in [3.63, 3.8) is 0 Å². The van der Waals surface area contributed by atoms with E-state index in [1.54, 1.807) is 24.3 Å². The fourth-order valence-corrected chi connectivity index (χ4v) is 3.88. The SMILES string of the molecule is Cc1cccc(OCCCn2c(CNC(=O)c3cccc(Cl)c3)nc3ccccc32)c1C. The molecule has 0 saturated carbocycles. The predicted molar refractivity (Wildman–Crippen MR) is 128 cm³/mol. The second-order valence-corrected chi connectivity index (χ2v) is 8.20. The molecule has 1 N–H and O–H groups in total. The van der Waals surface area contributed by atoms with Crippen molar-refractivity contribution in [2.24, 2.45) is 0 Å². The van der Waals surface area contributed by atoms with Gasteiger partial charge in [-0.25, -0.2) is 4.98 Å². The lowest BCUT2D eigenvalue weighted by molar-refractivity contribution is 0.0949. The van der Waals surface area contributed by atoms with E-state index in [1.807, 2.05) is 30.3 Å². The van der Waals surface area contributed by atoms with Crippen molar-refractivity contribution in [1.82, 2.24) is 14.9 Å². The van der Waals surface area contributed by atoms with E-state index >= 15 is 0 Å². The van der Waals surface area contributed by atoms with Crippen molar-refractivity contribution in [1.29, 1.82) is 0 Å². The van der Waals surface area contributed by atoms with Crippen LogP contribution in [0.4, 0.5) is 0 Å². The smallest absolute Gasteiger partial charge is 0.251 e. The number of aromatic nitrogens is 2. The number of ether oxygens (including phenoxy) is 1. The Morgan fingerprint density at radius 3 is 2.72 bits per heavy atom. The number of nitrogens with one attached hydrogen (secondary N) is 1. The summed E-state index contributed by atoms with van der Waals surface area (Å²) in [6, 6.07) is 21.0. The first-order valence-electron chi connectivity index (χ1n) is 10.7. The Balaban J connectivity index is 1.44. The lowest BCUT2D eigenvalue weighted by Crippen LogP contribution is -2.25. The fourth-order valence-electron chi connectivity index (χ4n) is 3.69. The molecule has 0 atom stereocenters. The number of aryl methyl sites for hydroxylation is 2. The number of carbonyl (C=O) groups is 1. The quantitative estimate of drug-likeness (QED) is 0.352. The molecule has 0 spiro atoms. The largest absolute Gasteiger partial charge is 0.493 e. The normalized spacial score (nSPS) is 11.0. The van der Waals surface area contributed by atoms with Gasteiger partial charge in [0, 0.05) is 17.1 Å². The van der Waals surface area contributed by atoms with E-state index in [4.69, 9.17) is 21.3 Å². The number of carbonyl (C=O) groups excluding carboxylic acids is 1. The first-order valence-corrected chi connectivity index (χ1v) is 11.1. The summed E-state index contributed by atoms with van der Waals surface area (Å²) in [6.45, 7) is 5.84. The van der Waals surface area contributed by atoms with Crippen molar-refractivity contribution >= 4 is 28.5 Å². The van der Waals surface area contributed by atoms with Crippen molar-refractivity contribution in [2.75, 3.05) is 6.61 Å². The molecule has 3 aromatic carbocycles. The third kappa shape index (κ3) is 4.94. The third-order valence-electron chi connectivity index (χ3n) is 5.57. The summed E-state index contributed by atoms with van der Waals surface area (Å²) in [5.41, 5.74) is 4.88. The summed E-state index contributed by atoms with van der Waals surface area (Å²) in [5, 5.41) is 3.50. The van der Waals surface area contributed by atoms with Gasteiger partial charge in [0.1, 0.15) is 11.6 Å². The Morgan fingerprint density at radius 2 is 1.88 bits per heavy atom. The number of hydrogen-bond donors (Lipinski definition) is 1. The maximum atomic E-state index is 12.5. The molecular formula is C26H26ClN3O2. The van der Waals surface area contributed by atoms with Crippen molar-refractivity contribution in [2.45, 2.75) is 33.4 Å². The lowest BCUT2D eigenvalue weighted by Gasteiger charge is -2.13. The molecule has 0 bridgehead atoms. The average Bonchev–Trinajstić information content (AvgIpc) is 3.15. The molecule has 0 unspecified atom stereocenters. The van der Waals surface area contributed by atoms with Crippen molar-refractivity contribution < 1.29 is 9.53 Å². The summed E-state index contributed by atoms with van der Waals surface area (Å²) in [4.78, 5) is 17.3. The first-order chi connectivity index (χ1) is 15.5. The molecule has 0 fully saturated rings. The maximum Gasteiger partial charge on any atom is 0.251 e. The Bertz CT molecular complexity index is 1250. The maximum absolute atomic E-state index is 12.5. The number of nitrogens with zero attached hydrogens (tertiary/aromatic N) is 2. The van der Waals surface area contributed by atoms with Crippen LogP contribution in [0.15, 0.2) is 66.7 Å². The molecule has 4 aromatic rings. The molecule has 0 saturated heterocycles. The van der Waals surface area contributed by atoms with Gasteiger partial charge in [-0.15, -0.1) is 0 Å². The van der Waals surface area contributed by atoms with Gasteiger partial charge in [0.25, 0.3) is 5.91 Å². The van der Waals surface area contributed by atoms with E-state index in [2.05, 4.69) is 35.9 Å². The van der Waals surface area contributed by atoms with Gasteiger partial charge in [-0.2, -0.15) is 0 Å². The molecule has 0 radical (unpaired) electrons. The monoisotopic (exact) mass is 447 g/mol. The van der Waals surface area contributed by atoms with Gasteiger partial charge in [-0.3, -0.25) is 4.79 Å². The van der Waals surface area contributed by atoms with Crippen molar-refractivity contribution in [3.8, 4) is 5.75 Å². The standard InChI is InChI=1S/C26H26ClN3O2/c1-18-8-5-13-24(19(18)2)32-15-7-14-30-23-12-4-3-11-22(23)29-25(30)17-28-26(31)20-9-6-10-21(27)16-20/h3-6,8-13,16H,7,14-15,17H2,1-2H3,(H,28,31). The van der Waals surface area contributed by atoms with Crippen LogP contribution in [-0.4, -0.2) is 22.1 Å². The molecular weight excluding hydrogens is 422 g/mol. The second-order valence-electron chi connectivity index (χ2n) is 7.76. The average molecular weight is 448 g/mol. The topological polar surface area (TPSA) is 56.1 Å². The van der Waals surface area contributed by atoms with E-state index < -0.39 is 0 Å². The van der Waals surface area contributed by atoms with Crippen LogP contribution in [0, 0.1) is 13.8 Å². The van der Waals surface area contributed by atoms with Crippen molar-refractivity contribution in [3.05, 3.63) is 94.3 Å². The number of halogens is 1. The van der Waals surface area contributed by atoms with Crippen LogP contribution in [0.3, 0.4) is 0 Å². The van der Waals surface area contributed by atoms with Crippen LogP contribution >= 0.6 is 11.6 Å². The van der Waals surface area contributed by atoms with Crippen LogP contribution in [0.1, 0.15) is 33.7 Å². The number of amides is 1. The Labute approximate surface area is 193 Å². The third-order valence-corrected chi connectivity index (χ3v) is 5.80. The van der Waals surface area contributed by atoms with Gasteiger partial charge in [-0.1, -0.05) is 41.9 Å². The highest BCUT2D eigenvalue weighted by Gasteiger charge is 2.13. The Hall–Kier alpha value is -3.31. The number of fused-ring (bicyclic) bond motifs is 1. The minimum Gasteiger partial charge on any atom is -0.493 e. The highest BCUT2D eigenvalue weighted by molar-refractivity contribution is 6.30. The number of imidazole rings is 1. The number of para-hydroxylation sites is 2. The molecule has 0 aliphatic heterocycles. The van der Waals surface area contributed by atoms with Gasteiger partial charge in [0.2, 0.25) is 0 Å². The highest BCUT2D eigenvalue weighted by Crippen LogP contribution is 2.21. The van der Waals surface area contributed by atoms with Gasteiger partial charge in [0.15, 0.2) is 0 Å². The summed E-state index contributed by atoms with van der Waals surface area (Å²) in [5.74, 6) is 1.56. The fraction of sp³-hybridized carbons (Fsp3) is 0.231. The number of rotatable bonds is 8. The molecule has 5 nitrogen and oxygen atoms in total. The minimum atomic E-state index is -0.177. The predicted octanol–water partition coefficient (Wildman–Crippen LogP) is 5.71. The molecule has 4 rings (SSSR count). The van der Waals surface area contributed by atoms with Gasteiger partial charge >= 0.3 is 0 Å². The zero-order valence-corrected chi connectivity index (χ0v) is 19.0. The number of hydrogen-bond acceptors (Lipinski definition) is 3. The summed E-state index contributed by atoms with van der Waals surface area (Å²) >= 11 is 6.01. The van der Waals surface area contributed by atoms with E-state index in [-0.39, 0.29) is 5.91 Å². The first kappa shape index (κ1) is 21.9. The molecule has 164 valence electrons. The van der Waals surface area contributed by atoms with E-state index in [9.17, 15) is 4.79 Å².